The number of carbonyl (C=O) groups is 1. The molecular weight excluding hydrogens is 330 g/mol. The van der Waals surface area contributed by atoms with E-state index >= 15 is 0 Å². The van der Waals surface area contributed by atoms with Gasteiger partial charge in [-0.2, -0.15) is 0 Å². The molecule has 0 saturated heterocycles. The van der Waals surface area contributed by atoms with Crippen LogP contribution in [0.3, 0.4) is 0 Å². The molecule has 0 spiro atoms. The molecule has 0 saturated carbocycles. The highest BCUT2D eigenvalue weighted by atomic mass is 16.5. The van der Waals surface area contributed by atoms with Crippen molar-refractivity contribution in [3.05, 3.63) is 47.5 Å². The molecule has 0 aliphatic carbocycles. The second-order valence-electron chi connectivity index (χ2n) is 6.03. The van der Waals surface area contributed by atoms with Crippen LogP contribution in [0.1, 0.15) is 44.2 Å². The lowest BCUT2D eigenvalue weighted by molar-refractivity contribution is -0.116. The van der Waals surface area contributed by atoms with E-state index in [0.29, 0.717) is 37.7 Å². The van der Waals surface area contributed by atoms with E-state index < -0.39 is 0 Å². The minimum absolute atomic E-state index is 0.0135. The Morgan fingerprint density at radius 1 is 0.885 bits per heavy atom. The molecule has 0 aromatic heterocycles. The molecule has 2 aromatic rings. The van der Waals surface area contributed by atoms with Crippen molar-refractivity contribution in [3.63, 3.8) is 0 Å². The number of hydrogen-bond acceptors (Lipinski definition) is 4. The van der Waals surface area contributed by atoms with Crippen LogP contribution in [0.25, 0.3) is 0 Å². The smallest absolute Gasteiger partial charge is 0.225 e. The maximum absolute atomic E-state index is 12.3. The number of hydrogen-bond donors (Lipinski definition) is 1. The second kappa shape index (κ2) is 8.13. The van der Waals surface area contributed by atoms with Crippen LogP contribution in [0.15, 0.2) is 36.4 Å². The molecule has 1 aliphatic rings. The molecule has 0 bridgehead atoms. The van der Waals surface area contributed by atoms with Gasteiger partial charge in [0.15, 0.2) is 11.5 Å². The Bertz CT molecular complexity index is 788. The molecule has 5 nitrogen and oxygen atoms in total. The third-order valence-electron chi connectivity index (χ3n) is 4.35. The van der Waals surface area contributed by atoms with Gasteiger partial charge in [0.25, 0.3) is 0 Å². The average Bonchev–Trinajstić information content (AvgIpc) is 2.63. The van der Waals surface area contributed by atoms with Crippen molar-refractivity contribution < 1.29 is 19.0 Å². The highest BCUT2D eigenvalue weighted by Gasteiger charge is 2.30. The number of fused-ring (bicyclic) bond motifs is 1. The van der Waals surface area contributed by atoms with Crippen LogP contribution in [0, 0.1) is 0 Å². The lowest BCUT2D eigenvalue weighted by Gasteiger charge is -2.28. The van der Waals surface area contributed by atoms with Gasteiger partial charge in [0.2, 0.25) is 5.91 Å². The molecule has 26 heavy (non-hydrogen) atoms. The van der Waals surface area contributed by atoms with Crippen LogP contribution < -0.4 is 19.5 Å². The van der Waals surface area contributed by atoms with Crippen LogP contribution in [-0.4, -0.2) is 25.7 Å². The highest BCUT2D eigenvalue weighted by Crippen LogP contribution is 2.45. The monoisotopic (exact) mass is 355 g/mol. The van der Waals surface area contributed by atoms with Gasteiger partial charge in [-0.15, -0.1) is 0 Å². The Balaban J connectivity index is 2.11. The molecular formula is C21H25NO4. The van der Waals surface area contributed by atoms with Crippen molar-refractivity contribution in [1.29, 1.82) is 0 Å². The van der Waals surface area contributed by atoms with E-state index in [1.165, 1.54) is 0 Å². The SMILES string of the molecule is CCOc1cc2c(cc1OCC)[C@H](c1ccccc1OCC)CC(=O)N2. The van der Waals surface area contributed by atoms with E-state index in [1.807, 2.05) is 57.2 Å². The summed E-state index contributed by atoms with van der Waals surface area (Å²) < 4.78 is 17.3. The quantitative estimate of drug-likeness (QED) is 0.802. The predicted octanol–water partition coefficient (Wildman–Crippen LogP) is 4.36. The zero-order valence-corrected chi connectivity index (χ0v) is 15.5. The Morgan fingerprint density at radius 2 is 1.50 bits per heavy atom. The van der Waals surface area contributed by atoms with Gasteiger partial charge in [0.1, 0.15) is 5.75 Å². The lowest BCUT2D eigenvalue weighted by Crippen LogP contribution is -2.24. The molecule has 3 rings (SSSR count). The van der Waals surface area contributed by atoms with Crippen molar-refractivity contribution in [2.45, 2.75) is 33.1 Å². The van der Waals surface area contributed by atoms with E-state index in [9.17, 15) is 4.79 Å². The summed E-state index contributed by atoms with van der Waals surface area (Å²) in [6, 6.07) is 11.7. The summed E-state index contributed by atoms with van der Waals surface area (Å²) in [5, 5.41) is 2.96. The highest BCUT2D eigenvalue weighted by molar-refractivity contribution is 5.96. The minimum atomic E-state index is -0.0867. The number of carbonyl (C=O) groups excluding carboxylic acids is 1. The summed E-state index contributed by atoms with van der Waals surface area (Å²) in [4.78, 5) is 12.3. The molecule has 5 heteroatoms. The topological polar surface area (TPSA) is 56.8 Å². The molecule has 1 heterocycles. The number of benzene rings is 2. The molecule has 1 atom stereocenters. The molecule has 1 N–H and O–H groups in total. The number of rotatable bonds is 7. The van der Waals surface area contributed by atoms with Gasteiger partial charge < -0.3 is 19.5 Å². The summed E-state index contributed by atoms with van der Waals surface area (Å²) in [5.74, 6) is 2.06. The first-order valence-corrected chi connectivity index (χ1v) is 9.13. The number of amides is 1. The third kappa shape index (κ3) is 3.62. The maximum atomic E-state index is 12.3. The molecule has 0 radical (unpaired) electrons. The zero-order chi connectivity index (χ0) is 18.5. The number of para-hydroxylation sites is 1. The fourth-order valence-corrected chi connectivity index (χ4v) is 3.34. The average molecular weight is 355 g/mol. The number of nitrogens with one attached hydrogen (secondary N) is 1. The summed E-state index contributed by atoms with van der Waals surface area (Å²) in [6.07, 6.45) is 0.372. The van der Waals surface area contributed by atoms with Crippen molar-refractivity contribution in [2.75, 3.05) is 25.1 Å². The first-order valence-electron chi connectivity index (χ1n) is 9.13. The molecule has 138 valence electrons. The third-order valence-corrected chi connectivity index (χ3v) is 4.35. The van der Waals surface area contributed by atoms with E-state index in [0.717, 1.165) is 22.6 Å². The van der Waals surface area contributed by atoms with Crippen LogP contribution in [0.5, 0.6) is 17.2 Å². The van der Waals surface area contributed by atoms with Crippen molar-refractivity contribution in [3.8, 4) is 17.2 Å². The van der Waals surface area contributed by atoms with Gasteiger partial charge in [-0.1, -0.05) is 18.2 Å². The minimum Gasteiger partial charge on any atom is -0.494 e. The van der Waals surface area contributed by atoms with Gasteiger partial charge >= 0.3 is 0 Å². The molecule has 1 amide bonds. The Hall–Kier alpha value is -2.69. The normalized spacial score (nSPS) is 15.8. The Morgan fingerprint density at radius 3 is 2.19 bits per heavy atom. The van der Waals surface area contributed by atoms with Crippen molar-refractivity contribution >= 4 is 11.6 Å². The van der Waals surface area contributed by atoms with E-state index in [2.05, 4.69) is 5.32 Å². The first kappa shape index (κ1) is 18.1. The van der Waals surface area contributed by atoms with E-state index in [-0.39, 0.29) is 11.8 Å². The van der Waals surface area contributed by atoms with Crippen LogP contribution in [0.4, 0.5) is 5.69 Å². The van der Waals surface area contributed by atoms with Crippen molar-refractivity contribution in [1.82, 2.24) is 0 Å². The second-order valence-corrected chi connectivity index (χ2v) is 6.03. The molecule has 1 aliphatic heterocycles. The summed E-state index contributed by atoms with van der Waals surface area (Å²) in [7, 11) is 0. The standard InChI is InChI=1S/C21H25NO4/c1-4-24-18-10-8-7-9-14(18)15-12-21(23)22-17-13-20(26-6-3)19(25-5-2)11-16(15)17/h7-11,13,15H,4-6,12H2,1-3H3,(H,22,23)/t15-/m0/s1. The maximum Gasteiger partial charge on any atom is 0.225 e. The van der Waals surface area contributed by atoms with Gasteiger partial charge in [-0.3, -0.25) is 4.79 Å². The molecule has 0 fully saturated rings. The molecule has 0 unspecified atom stereocenters. The van der Waals surface area contributed by atoms with E-state index in [4.69, 9.17) is 14.2 Å². The van der Waals surface area contributed by atoms with Gasteiger partial charge in [0.05, 0.1) is 19.8 Å². The van der Waals surface area contributed by atoms with E-state index in [1.54, 1.807) is 0 Å². The fourth-order valence-electron chi connectivity index (χ4n) is 3.34. The van der Waals surface area contributed by atoms with Gasteiger partial charge in [-0.25, -0.2) is 0 Å². The summed E-state index contributed by atoms with van der Waals surface area (Å²) in [5.41, 5.74) is 2.80. The van der Waals surface area contributed by atoms with Gasteiger partial charge in [-0.05, 0) is 38.5 Å². The largest absolute Gasteiger partial charge is 0.494 e. The number of anilines is 1. The summed E-state index contributed by atoms with van der Waals surface area (Å²) in [6.45, 7) is 7.48. The predicted molar refractivity (Wildman–Crippen MR) is 101 cm³/mol. The summed E-state index contributed by atoms with van der Waals surface area (Å²) >= 11 is 0. The molecule has 2 aromatic carbocycles. The van der Waals surface area contributed by atoms with Crippen LogP contribution >= 0.6 is 0 Å². The van der Waals surface area contributed by atoms with Crippen LogP contribution in [-0.2, 0) is 4.79 Å². The van der Waals surface area contributed by atoms with Crippen LogP contribution in [0.2, 0.25) is 0 Å². The van der Waals surface area contributed by atoms with Gasteiger partial charge in [0, 0.05) is 29.7 Å². The first-order chi connectivity index (χ1) is 12.7. The Labute approximate surface area is 154 Å². The number of ether oxygens (including phenoxy) is 3. The van der Waals surface area contributed by atoms with Crippen molar-refractivity contribution in [2.24, 2.45) is 0 Å². The fraction of sp³-hybridized carbons (Fsp3) is 0.381. The Kier molecular flexibility index (Phi) is 5.66. The zero-order valence-electron chi connectivity index (χ0n) is 15.5. The lowest BCUT2D eigenvalue weighted by atomic mass is 9.84.